The Kier molecular flexibility index (Phi) is 4.82. The summed E-state index contributed by atoms with van der Waals surface area (Å²) in [7, 11) is 1.86. The van der Waals surface area contributed by atoms with Gasteiger partial charge in [-0.3, -0.25) is 14.6 Å². The molecule has 2 aromatic heterocycles. The Labute approximate surface area is 172 Å². The molecule has 0 aliphatic rings. The molecule has 146 valence electrons. The van der Waals surface area contributed by atoms with Crippen LogP contribution in [0.5, 0.6) is 0 Å². The highest BCUT2D eigenvalue weighted by Crippen LogP contribution is 2.13. The van der Waals surface area contributed by atoms with E-state index in [1.807, 2.05) is 79.3 Å². The molecule has 0 amide bonds. The minimum atomic E-state index is -0.129. The number of hydrogen-bond acceptors (Lipinski definition) is 3. The lowest BCUT2D eigenvalue weighted by Crippen LogP contribution is -2.24. The normalized spacial score (nSPS) is 11.7. The van der Waals surface area contributed by atoms with Crippen LogP contribution in [0.25, 0.3) is 24.2 Å². The number of rotatable bonds is 4. The molecule has 0 unspecified atom stereocenters. The van der Waals surface area contributed by atoms with E-state index < -0.39 is 0 Å². The summed E-state index contributed by atoms with van der Waals surface area (Å²) in [4.78, 5) is 13.0. The molecule has 0 aliphatic heterocycles. The van der Waals surface area contributed by atoms with Gasteiger partial charge in [0.1, 0.15) is 10.3 Å². The molecule has 6 nitrogen and oxygen atoms in total. The molecule has 4 rings (SSSR count). The van der Waals surface area contributed by atoms with E-state index in [4.69, 9.17) is 12.2 Å². The van der Waals surface area contributed by atoms with Crippen LogP contribution < -0.4 is 21.4 Å². The average Bonchev–Trinajstić information content (AvgIpc) is 3.14. The van der Waals surface area contributed by atoms with Crippen molar-refractivity contribution in [3.05, 3.63) is 91.9 Å². The Hall–Kier alpha value is -3.58. The number of nitrogens with zero attached hydrogens (tertiary/aromatic N) is 3. The van der Waals surface area contributed by atoms with Crippen LogP contribution in [0.4, 0.5) is 5.69 Å². The molecule has 0 fully saturated rings. The van der Waals surface area contributed by atoms with Crippen LogP contribution in [-0.2, 0) is 7.05 Å². The fourth-order valence-electron chi connectivity index (χ4n) is 3.28. The maximum Gasteiger partial charge on any atom is 0.295 e. The Balaban J connectivity index is 1.79. The average molecular weight is 404 g/mol. The Morgan fingerprint density at radius 2 is 1.62 bits per heavy atom. The summed E-state index contributed by atoms with van der Waals surface area (Å²) in [6.07, 6.45) is 1.74. The lowest BCUT2D eigenvalue weighted by Gasteiger charge is -2.07. The fraction of sp³-hybridized carbons (Fsp3) is 0.0909. The van der Waals surface area contributed by atoms with Crippen LogP contribution in [0.1, 0.15) is 5.69 Å². The van der Waals surface area contributed by atoms with Crippen LogP contribution in [-0.4, -0.2) is 19.1 Å². The summed E-state index contributed by atoms with van der Waals surface area (Å²) >= 11 is 5.62. The Morgan fingerprint density at radius 3 is 2.24 bits per heavy atom. The Bertz CT molecular complexity index is 1390. The zero-order chi connectivity index (χ0) is 20.5. The maximum atomic E-state index is 13.0. The number of anilines is 1. The molecule has 0 atom stereocenters. The first-order valence-electron chi connectivity index (χ1n) is 9.15. The number of hydrogen-bond donors (Lipinski definition) is 2. The lowest BCUT2D eigenvalue weighted by molar-refractivity contribution is 0.630. The summed E-state index contributed by atoms with van der Waals surface area (Å²) in [5.41, 5.74) is 2.91. The topological polar surface area (TPSA) is 59.7 Å². The number of nitrogens with one attached hydrogen (secondary N) is 2. The molecule has 2 aromatic carbocycles. The second kappa shape index (κ2) is 7.44. The quantitative estimate of drug-likeness (QED) is 0.515. The highest BCUT2D eigenvalue weighted by atomic mass is 32.1. The van der Waals surface area contributed by atoms with Crippen molar-refractivity contribution < 1.29 is 0 Å². The number of aromatic amines is 1. The lowest BCUT2D eigenvalue weighted by atomic mass is 10.3. The standard InChI is InChI=1S/C22H21N5OS/c1-15-19(22(29)26(24-15)17-10-6-4-7-11-17)14-23-20-16(2)25(3)27(21(20)28)18-12-8-5-9-13-18/h4-14,23-24H,1H2,2-3H3/b19-14-. The van der Waals surface area contributed by atoms with Crippen molar-refractivity contribution in [1.29, 1.82) is 0 Å². The van der Waals surface area contributed by atoms with Gasteiger partial charge in [0.2, 0.25) is 0 Å². The number of aromatic nitrogens is 4. The molecule has 4 aromatic rings. The highest BCUT2D eigenvalue weighted by molar-refractivity contribution is 7.71. The number of benzene rings is 2. The summed E-state index contributed by atoms with van der Waals surface area (Å²) in [5.74, 6) is 0. The Morgan fingerprint density at radius 1 is 1.03 bits per heavy atom. The molecule has 0 aliphatic carbocycles. The van der Waals surface area contributed by atoms with Gasteiger partial charge in [-0.1, -0.05) is 55.2 Å². The van der Waals surface area contributed by atoms with Crippen LogP contribution >= 0.6 is 12.2 Å². The van der Waals surface area contributed by atoms with E-state index in [1.165, 1.54) is 0 Å². The summed E-state index contributed by atoms with van der Waals surface area (Å²) < 4.78 is 5.85. The van der Waals surface area contributed by atoms with Crippen LogP contribution in [0.3, 0.4) is 0 Å². The highest BCUT2D eigenvalue weighted by Gasteiger charge is 2.15. The largest absolute Gasteiger partial charge is 0.355 e. The van der Waals surface area contributed by atoms with Crippen LogP contribution in [0, 0.1) is 11.6 Å². The third-order valence-corrected chi connectivity index (χ3v) is 5.34. The predicted octanol–water partition coefficient (Wildman–Crippen LogP) is 2.59. The minimum absolute atomic E-state index is 0.129. The van der Waals surface area contributed by atoms with Crippen molar-refractivity contribution in [2.45, 2.75) is 6.92 Å². The first-order chi connectivity index (χ1) is 14.0. The first-order valence-corrected chi connectivity index (χ1v) is 9.56. The molecule has 2 heterocycles. The van der Waals surface area contributed by atoms with Gasteiger partial charge >= 0.3 is 0 Å². The third-order valence-electron chi connectivity index (χ3n) is 4.93. The molecule has 0 saturated heterocycles. The van der Waals surface area contributed by atoms with E-state index >= 15 is 0 Å². The van der Waals surface area contributed by atoms with E-state index in [-0.39, 0.29) is 5.56 Å². The zero-order valence-corrected chi connectivity index (χ0v) is 17.0. The van der Waals surface area contributed by atoms with Gasteiger partial charge < -0.3 is 5.32 Å². The van der Waals surface area contributed by atoms with Crippen LogP contribution in [0.15, 0.2) is 65.5 Å². The first kappa shape index (κ1) is 18.8. The molecule has 0 spiro atoms. The van der Waals surface area contributed by atoms with Gasteiger partial charge in [-0.05, 0) is 31.2 Å². The molecular weight excluding hydrogens is 382 g/mol. The number of para-hydroxylation sites is 2. The zero-order valence-electron chi connectivity index (χ0n) is 16.2. The van der Waals surface area contributed by atoms with Gasteiger partial charge in [-0.15, -0.1) is 0 Å². The minimum Gasteiger partial charge on any atom is -0.355 e. The second-order valence-corrected chi connectivity index (χ2v) is 7.09. The van der Waals surface area contributed by atoms with E-state index in [9.17, 15) is 4.79 Å². The SMILES string of the molecule is C=c1[nH]n(-c2ccccc2)c(=S)/c1=C\Nc1c(C)n(C)n(-c2ccccc2)c1=O. The summed E-state index contributed by atoms with van der Waals surface area (Å²) in [6.45, 7) is 5.95. The van der Waals surface area contributed by atoms with Crippen molar-refractivity contribution in [3.8, 4) is 11.4 Å². The predicted molar refractivity (Wildman–Crippen MR) is 120 cm³/mol. The van der Waals surface area contributed by atoms with E-state index in [0.29, 0.717) is 15.7 Å². The van der Waals surface area contributed by atoms with Crippen LogP contribution in [0.2, 0.25) is 0 Å². The van der Waals surface area contributed by atoms with E-state index in [1.54, 1.807) is 15.6 Å². The van der Waals surface area contributed by atoms with Crippen molar-refractivity contribution in [2.24, 2.45) is 7.05 Å². The molecule has 29 heavy (non-hydrogen) atoms. The van der Waals surface area contributed by atoms with Crippen molar-refractivity contribution in [2.75, 3.05) is 5.32 Å². The molecule has 7 heteroatoms. The van der Waals surface area contributed by atoms with Crippen molar-refractivity contribution in [1.82, 2.24) is 19.1 Å². The van der Waals surface area contributed by atoms with Gasteiger partial charge in [0, 0.05) is 13.2 Å². The molecule has 0 bridgehead atoms. The van der Waals surface area contributed by atoms with E-state index in [2.05, 4.69) is 17.0 Å². The van der Waals surface area contributed by atoms with Crippen molar-refractivity contribution >= 4 is 30.7 Å². The summed E-state index contributed by atoms with van der Waals surface area (Å²) in [6, 6.07) is 19.3. The molecular formula is C22H21N5OS. The fourth-order valence-corrected chi connectivity index (χ4v) is 3.62. The number of H-pyrrole nitrogens is 1. The van der Waals surface area contributed by atoms with Crippen molar-refractivity contribution in [3.63, 3.8) is 0 Å². The smallest absolute Gasteiger partial charge is 0.295 e. The molecule has 2 N–H and O–H groups in total. The van der Waals surface area contributed by atoms with Gasteiger partial charge in [0.25, 0.3) is 5.56 Å². The maximum absolute atomic E-state index is 13.0. The third kappa shape index (κ3) is 3.25. The van der Waals surface area contributed by atoms with Gasteiger partial charge in [0.15, 0.2) is 0 Å². The van der Waals surface area contributed by atoms with Gasteiger partial charge in [-0.25, -0.2) is 9.36 Å². The summed E-state index contributed by atoms with van der Waals surface area (Å²) in [5, 5.41) is 7.74. The monoisotopic (exact) mass is 403 g/mol. The van der Waals surface area contributed by atoms with Gasteiger partial charge in [0.05, 0.1) is 27.6 Å². The van der Waals surface area contributed by atoms with E-state index in [0.717, 1.165) is 22.3 Å². The van der Waals surface area contributed by atoms with Gasteiger partial charge in [-0.2, -0.15) is 0 Å². The second-order valence-electron chi connectivity index (χ2n) is 6.71. The molecule has 0 saturated carbocycles. The molecule has 0 radical (unpaired) electrons.